The second-order valence-corrected chi connectivity index (χ2v) is 6.01. The lowest BCUT2D eigenvalue weighted by Gasteiger charge is -2.50. The van der Waals surface area contributed by atoms with Gasteiger partial charge in [-0.3, -0.25) is 4.90 Å². The summed E-state index contributed by atoms with van der Waals surface area (Å²) in [6.07, 6.45) is 6.37. The number of ether oxygens (including phenoxy) is 2. The van der Waals surface area contributed by atoms with Gasteiger partial charge in [-0.25, -0.2) is 0 Å². The number of hydrogen-bond acceptors (Lipinski definition) is 4. The van der Waals surface area contributed by atoms with E-state index in [1.54, 1.807) is 0 Å². The third kappa shape index (κ3) is 3.48. The number of rotatable bonds is 5. The predicted molar refractivity (Wildman–Crippen MR) is 77.3 cm³/mol. The van der Waals surface area contributed by atoms with Crippen LogP contribution in [-0.2, 0) is 9.47 Å². The first-order valence-electron chi connectivity index (χ1n) is 7.92. The van der Waals surface area contributed by atoms with Gasteiger partial charge >= 0.3 is 0 Å². The minimum Gasteiger partial charge on any atom is -0.378 e. The van der Waals surface area contributed by atoms with Crippen molar-refractivity contribution < 1.29 is 9.47 Å². The molecule has 19 heavy (non-hydrogen) atoms. The maximum atomic E-state index is 6.18. The summed E-state index contributed by atoms with van der Waals surface area (Å²) in [6, 6.07) is 0. The second kappa shape index (κ2) is 7.02. The first-order chi connectivity index (χ1) is 9.24. The molecule has 2 aliphatic rings. The molecule has 112 valence electrons. The van der Waals surface area contributed by atoms with Crippen molar-refractivity contribution in [3.05, 3.63) is 0 Å². The minimum atomic E-state index is 0.148. The summed E-state index contributed by atoms with van der Waals surface area (Å²) >= 11 is 0. The molecule has 3 atom stereocenters. The van der Waals surface area contributed by atoms with Crippen molar-refractivity contribution >= 4 is 0 Å². The van der Waals surface area contributed by atoms with Gasteiger partial charge in [0, 0.05) is 31.8 Å². The Morgan fingerprint density at radius 2 is 2.00 bits per heavy atom. The molecular formula is C15H30N2O2. The van der Waals surface area contributed by atoms with Gasteiger partial charge in [0.2, 0.25) is 0 Å². The first-order valence-corrected chi connectivity index (χ1v) is 7.92. The van der Waals surface area contributed by atoms with Crippen LogP contribution in [0.1, 0.15) is 46.0 Å². The fourth-order valence-corrected chi connectivity index (χ4v) is 3.51. The molecule has 0 radical (unpaired) electrons. The molecule has 2 heterocycles. The SMILES string of the molecule is CCCC1CC(CN)(N2CCOC(CC)C2)CCO1. The van der Waals surface area contributed by atoms with E-state index < -0.39 is 0 Å². The molecule has 3 unspecified atom stereocenters. The van der Waals surface area contributed by atoms with E-state index in [9.17, 15) is 0 Å². The second-order valence-electron chi connectivity index (χ2n) is 6.01. The molecule has 4 nitrogen and oxygen atoms in total. The van der Waals surface area contributed by atoms with Crippen molar-refractivity contribution in [1.29, 1.82) is 0 Å². The summed E-state index contributed by atoms with van der Waals surface area (Å²) in [7, 11) is 0. The van der Waals surface area contributed by atoms with Gasteiger partial charge in [0.1, 0.15) is 0 Å². The Morgan fingerprint density at radius 1 is 1.21 bits per heavy atom. The Labute approximate surface area is 117 Å². The lowest BCUT2D eigenvalue weighted by atomic mass is 9.83. The summed E-state index contributed by atoms with van der Waals surface area (Å²) in [5.41, 5.74) is 6.32. The van der Waals surface area contributed by atoms with Gasteiger partial charge in [0.15, 0.2) is 0 Å². The zero-order valence-electron chi connectivity index (χ0n) is 12.6. The van der Waals surface area contributed by atoms with E-state index in [1.807, 2.05) is 0 Å². The number of nitrogens with two attached hydrogens (primary N) is 1. The Morgan fingerprint density at radius 3 is 2.68 bits per heavy atom. The maximum Gasteiger partial charge on any atom is 0.0700 e. The van der Waals surface area contributed by atoms with Crippen LogP contribution in [0.4, 0.5) is 0 Å². The zero-order chi connectivity index (χ0) is 13.7. The van der Waals surface area contributed by atoms with Crippen molar-refractivity contribution in [2.24, 2.45) is 5.73 Å². The highest BCUT2D eigenvalue weighted by molar-refractivity contribution is 4.98. The normalized spacial score (nSPS) is 37.4. The van der Waals surface area contributed by atoms with Crippen molar-refractivity contribution in [3.63, 3.8) is 0 Å². The van der Waals surface area contributed by atoms with Crippen LogP contribution in [0.3, 0.4) is 0 Å². The Bertz CT molecular complexity index is 273. The quantitative estimate of drug-likeness (QED) is 0.827. The number of morpholine rings is 1. The smallest absolute Gasteiger partial charge is 0.0700 e. The van der Waals surface area contributed by atoms with Crippen LogP contribution in [0.25, 0.3) is 0 Å². The minimum absolute atomic E-state index is 0.148. The van der Waals surface area contributed by atoms with Crippen molar-refractivity contribution in [1.82, 2.24) is 4.90 Å². The molecule has 0 spiro atoms. The molecule has 0 aromatic carbocycles. The van der Waals surface area contributed by atoms with E-state index in [-0.39, 0.29) is 5.54 Å². The molecule has 2 fully saturated rings. The molecule has 2 N–H and O–H groups in total. The molecule has 0 aliphatic carbocycles. The van der Waals surface area contributed by atoms with Gasteiger partial charge in [0.25, 0.3) is 0 Å². The average molecular weight is 270 g/mol. The summed E-state index contributed by atoms with van der Waals surface area (Å²) < 4.78 is 11.7. The molecule has 2 saturated heterocycles. The number of hydrogen-bond donors (Lipinski definition) is 1. The van der Waals surface area contributed by atoms with E-state index >= 15 is 0 Å². The molecule has 0 amide bonds. The van der Waals surface area contributed by atoms with Gasteiger partial charge in [0.05, 0.1) is 18.8 Å². The van der Waals surface area contributed by atoms with Crippen molar-refractivity contribution in [2.75, 3.05) is 32.8 Å². The van der Waals surface area contributed by atoms with Gasteiger partial charge in [-0.15, -0.1) is 0 Å². The summed E-state index contributed by atoms with van der Waals surface area (Å²) in [6.45, 7) is 8.93. The Balaban J connectivity index is 2.03. The van der Waals surface area contributed by atoms with Gasteiger partial charge < -0.3 is 15.2 Å². The van der Waals surface area contributed by atoms with E-state index in [1.165, 1.54) is 6.42 Å². The van der Waals surface area contributed by atoms with Gasteiger partial charge in [-0.05, 0) is 25.7 Å². The van der Waals surface area contributed by atoms with Crippen LogP contribution < -0.4 is 5.73 Å². The summed E-state index contributed by atoms with van der Waals surface area (Å²) in [5.74, 6) is 0. The molecule has 0 bridgehead atoms. The van der Waals surface area contributed by atoms with Crippen LogP contribution in [-0.4, -0.2) is 55.5 Å². The fraction of sp³-hybridized carbons (Fsp3) is 1.00. The van der Waals surface area contributed by atoms with Crippen LogP contribution in [0.15, 0.2) is 0 Å². The molecule has 0 saturated carbocycles. The zero-order valence-corrected chi connectivity index (χ0v) is 12.6. The van der Waals surface area contributed by atoms with Crippen LogP contribution in [0.5, 0.6) is 0 Å². The Hall–Kier alpha value is -0.160. The van der Waals surface area contributed by atoms with E-state index in [2.05, 4.69) is 18.7 Å². The fourth-order valence-electron chi connectivity index (χ4n) is 3.51. The summed E-state index contributed by atoms with van der Waals surface area (Å²) in [4.78, 5) is 2.59. The standard InChI is InChI=1S/C15H30N2O2/c1-3-5-14-10-15(12-16,6-8-18-14)17-7-9-19-13(4-2)11-17/h13-14H,3-12,16H2,1-2H3. The van der Waals surface area contributed by atoms with Crippen LogP contribution in [0, 0.1) is 0 Å². The molecule has 2 aliphatic heterocycles. The van der Waals surface area contributed by atoms with E-state index in [0.29, 0.717) is 12.2 Å². The monoisotopic (exact) mass is 270 g/mol. The number of nitrogens with zero attached hydrogens (tertiary/aromatic N) is 1. The van der Waals surface area contributed by atoms with Crippen molar-refractivity contribution in [3.8, 4) is 0 Å². The van der Waals surface area contributed by atoms with E-state index in [0.717, 1.165) is 58.5 Å². The third-order valence-electron chi connectivity index (χ3n) is 4.78. The first kappa shape index (κ1) is 15.2. The van der Waals surface area contributed by atoms with E-state index in [4.69, 9.17) is 15.2 Å². The summed E-state index contributed by atoms with van der Waals surface area (Å²) in [5, 5.41) is 0. The topological polar surface area (TPSA) is 47.7 Å². The molecule has 0 aromatic heterocycles. The average Bonchev–Trinajstić information content (AvgIpc) is 2.48. The predicted octanol–water partition coefficient (Wildman–Crippen LogP) is 1.77. The lowest BCUT2D eigenvalue weighted by molar-refractivity contribution is -0.118. The Kier molecular flexibility index (Phi) is 5.63. The van der Waals surface area contributed by atoms with Gasteiger partial charge in [-0.2, -0.15) is 0 Å². The van der Waals surface area contributed by atoms with Gasteiger partial charge in [-0.1, -0.05) is 20.3 Å². The molecule has 4 heteroatoms. The van der Waals surface area contributed by atoms with Crippen LogP contribution in [0.2, 0.25) is 0 Å². The lowest BCUT2D eigenvalue weighted by Crippen LogP contribution is -2.62. The maximum absolute atomic E-state index is 6.18. The molecule has 2 rings (SSSR count). The molecule has 0 aromatic rings. The third-order valence-corrected chi connectivity index (χ3v) is 4.78. The largest absolute Gasteiger partial charge is 0.378 e. The highest BCUT2D eigenvalue weighted by Gasteiger charge is 2.42. The highest BCUT2D eigenvalue weighted by atomic mass is 16.5. The molecular weight excluding hydrogens is 240 g/mol. The van der Waals surface area contributed by atoms with Crippen molar-refractivity contribution in [2.45, 2.75) is 63.7 Å². The van der Waals surface area contributed by atoms with Crippen LogP contribution >= 0.6 is 0 Å². The highest BCUT2D eigenvalue weighted by Crippen LogP contribution is 2.33.